The van der Waals surface area contributed by atoms with Gasteiger partial charge in [0, 0.05) is 28.9 Å². The number of benzene rings is 1. The van der Waals surface area contributed by atoms with Gasteiger partial charge in [0.15, 0.2) is 0 Å². The van der Waals surface area contributed by atoms with Crippen molar-refractivity contribution in [1.29, 1.82) is 5.26 Å². The summed E-state index contributed by atoms with van der Waals surface area (Å²) in [6, 6.07) is 9.07. The number of hydrogen-bond donors (Lipinski definition) is 1. The number of ether oxygens (including phenoxy) is 1. The van der Waals surface area contributed by atoms with Crippen molar-refractivity contribution in [3.63, 3.8) is 0 Å². The van der Waals surface area contributed by atoms with Crippen LogP contribution in [0, 0.1) is 17.1 Å². The standard InChI is InChI=1S/C17H12FN3O/c1-22-14-2-3-17-15(6-14)16(10-21-17)12(7-19)4-11-5-13(18)9-20-8-11/h2-6,8-10,21H,1H3. The van der Waals surface area contributed by atoms with Crippen molar-refractivity contribution in [2.75, 3.05) is 7.11 Å². The first-order valence-electron chi connectivity index (χ1n) is 6.59. The molecule has 0 fully saturated rings. The van der Waals surface area contributed by atoms with E-state index in [-0.39, 0.29) is 0 Å². The van der Waals surface area contributed by atoms with Crippen LogP contribution in [0.25, 0.3) is 22.6 Å². The Balaban J connectivity index is 2.13. The van der Waals surface area contributed by atoms with Gasteiger partial charge in [-0.15, -0.1) is 0 Å². The number of nitrogens with zero attached hydrogens (tertiary/aromatic N) is 2. The average Bonchev–Trinajstić information content (AvgIpc) is 2.95. The Hall–Kier alpha value is -3.13. The van der Waals surface area contributed by atoms with Crippen LogP contribution in [-0.2, 0) is 0 Å². The lowest BCUT2D eigenvalue weighted by Gasteiger charge is -2.01. The Labute approximate surface area is 126 Å². The second kappa shape index (κ2) is 5.70. The molecule has 2 heterocycles. The zero-order chi connectivity index (χ0) is 15.5. The third-order valence-electron chi connectivity index (χ3n) is 3.34. The third-order valence-corrected chi connectivity index (χ3v) is 3.34. The number of aromatic nitrogens is 2. The highest BCUT2D eigenvalue weighted by atomic mass is 19.1. The van der Waals surface area contributed by atoms with E-state index in [4.69, 9.17) is 4.74 Å². The van der Waals surface area contributed by atoms with E-state index in [1.54, 1.807) is 19.4 Å². The van der Waals surface area contributed by atoms with Gasteiger partial charge in [0.2, 0.25) is 0 Å². The lowest BCUT2D eigenvalue weighted by Crippen LogP contribution is -1.85. The molecular weight excluding hydrogens is 281 g/mol. The van der Waals surface area contributed by atoms with Crippen molar-refractivity contribution in [2.45, 2.75) is 0 Å². The van der Waals surface area contributed by atoms with Gasteiger partial charge in [-0.05, 0) is 35.9 Å². The summed E-state index contributed by atoms with van der Waals surface area (Å²) < 4.78 is 18.4. The minimum atomic E-state index is -0.438. The monoisotopic (exact) mass is 293 g/mol. The number of methoxy groups -OCH3 is 1. The van der Waals surface area contributed by atoms with Crippen LogP contribution < -0.4 is 4.74 Å². The van der Waals surface area contributed by atoms with Crippen LogP contribution in [0.15, 0.2) is 42.9 Å². The number of pyridine rings is 1. The van der Waals surface area contributed by atoms with E-state index >= 15 is 0 Å². The summed E-state index contributed by atoms with van der Waals surface area (Å²) in [4.78, 5) is 6.90. The van der Waals surface area contributed by atoms with Crippen LogP contribution in [0.2, 0.25) is 0 Å². The van der Waals surface area contributed by atoms with E-state index in [1.807, 2.05) is 18.2 Å². The normalized spacial score (nSPS) is 11.4. The third kappa shape index (κ3) is 2.54. The van der Waals surface area contributed by atoms with E-state index in [0.29, 0.717) is 16.9 Å². The quantitative estimate of drug-likeness (QED) is 0.748. The number of aromatic amines is 1. The summed E-state index contributed by atoms with van der Waals surface area (Å²) in [7, 11) is 1.59. The summed E-state index contributed by atoms with van der Waals surface area (Å²) in [5.41, 5.74) is 2.59. The number of hydrogen-bond acceptors (Lipinski definition) is 3. The number of fused-ring (bicyclic) bond motifs is 1. The molecule has 0 atom stereocenters. The molecular formula is C17H12FN3O. The van der Waals surface area contributed by atoms with Crippen molar-refractivity contribution in [1.82, 2.24) is 9.97 Å². The van der Waals surface area contributed by atoms with Crippen molar-refractivity contribution in [2.24, 2.45) is 0 Å². The fourth-order valence-corrected chi connectivity index (χ4v) is 2.29. The van der Waals surface area contributed by atoms with Gasteiger partial charge in [0.05, 0.1) is 24.9 Å². The maximum absolute atomic E-state index is 13.2. The Morgan fingerprint density at radius 2 is 2.23 bits per heavy atom. The molecule has 3 aromatic rings. The van der Waals surface area contributed by atoms with Crippen LogP contribution in [0.1, 0.15) is 11.1 Å². The molecule has 1 N–H and O–H groups in total. The van der Waals surface area contributed by atoms with Crippen LogP contribution >= 0.6 is 0 Å². The number of halogens is 1. The number of nitrogens with one attached hydrogen (secondary N) is 1. The van der Waals surface area contributed by atoms with Gasteiger partial charge < -0.3 is 9.72 Å². The molecule has 0 saturated heterocycles. The van der Waals surface area contributed by atoms with Crippen LogP contribution in [0.4, 0.5) is 4.39 Å². The molecule has 108 valence electrons. The molecule has 0 aliphatic rings. The fraction of sp³-hybridized carbons (Fsp3) is 0.0588. The zero-order valence-electron chi connectivity index (χ0n) is 11.8. The highest BCUT2D eigenvalue weighted by molar-refractivity contribution is 6.01. The Kier molecular flexibility index (Phi) is 3.58. The number of allylic oxidation sites excluding steroid dienone is 1. The maximum Gasteiger partial charge on any atom is 0.142 e. The van der Waals surface area contributed by atoms with Gasteiger partial charge in [-0.1, -0.05) is 0 Å². The lowest BCUT2D eigenvalue weighted by atomic mass is 10.0. The Morgan fingerprint density at radius 1 is 1.36 bits per heavy atom. The van der Waals surface area contributed by atoms with Crippen molar-refractivity contribution in [3.05, 3.63) is 59.8 Å². The van der Waals surface area contributed by atoms with Gasteiger partial charge >= 0.3 is 0 Å². The van der Waals surface area contributed by atoms with E-state index in [9.17, 15) is 9.65 Å². The SMILES string of the molecule is COc1ccc2[nH]cc(C(C#N)=Cc3cncc(F)c3)c2c1. The molecule has 0 aliphatic carbocycles. The van der Waals surface area contributed by atoms with Crippen molar-refractivity contribution < 1.29 is 9.13 Å². The summed E-state index contributed by atoms with van der Waals surface area (Å²) in [6.07, 6.45) is 6.00. The van der Waals surface area contributed by atoms with Gasteiger partial charge in [0.25, 0.3) is 0 Å². The van der Waals surface area contributed by atoms with Gasteiger partial charge in [-0.25, -0.2) is 4.39 Å². The summed E-state index contributed by atoms with van der Waals surface area (Å²) >= 11 is 0. The van der Waals surface area contributed by atoms with Crippen LogP contribution in [-0.4, -0.2) is 17.1 Å². The summed E-state index contributed by atoms with van der Waals surface area (Å²) in [6.45, 7) is 0. The fourth-order valence-electron chi connectivity index (χ4n) is 2.29. The van der Waals surface area contributed by atoms with Crippen molar-refractivity contribution >= 4 is 22.6 Å². The first-order valence-corrected chi connectivity index (χ1v) is 6.59. The van der Waals surface area contributed by atoms with E-state index in [2.05, 4.69) is 16.0 Å². The zero-order valence-corrected chi connectivity index (χ0v) is 11.8. The highest BCUT2D eigenvalue weighted by Crippen LogP contribution is 2.29. The van der Waals surface area contributed by atoms with Crippen LogP contribution in [0.3, 0.4) is 0 Å². The van der Waals surface area contributed by atoms with Gasteiger partial charge in [-0.3, -0.25) is 4.98 Å². The molecule has 2 aromatic heterocycles. The van der Waals surface area contributed by atoms with Gasteiger partial charge in [-0.2, -0.15) is 5.26 Å². The van der Waals surface area contributed by atoms with E-state index < -0.39 is 5.82 Å². The Bertz CT molecular complexity index is 906. The number of nitriles is 1. The molecule has 0 unspecified atom stereocenters. The second-order valence-electron chi connectivity index (χ2n) is 4.72. The minimum absolute atomic E-state index is 0.423. The predicted molar refractivity (Wildman–Crippen MR) is 82.5 cm³/mol. The first kappa shape index (κ1) is 13.8. The molecule has 1 aromatic carbocycles. The smallest absolute Gasteiger partial charge is 0.142 e. The molecule has 22 heavy (non-hydrogen) atoms. The van der Waals surface area contributed by atoms with Gasteiger partial charge in [0.1, 0.15) is 11.6 Å². The molecule has 5 heteroatoms. The molecule has 0 spiro atoms. The molecule has 3 rings (SSSR count). The number of rotatable bonds is 3. The average molecular weight is 293 g/mol. The van der Waals surface area contributed by atoms with E-state index in [1.165, 1.54) is 12.3 Å². The number of H-pyrrole nitrogens is 1. The molecule has 0 amide bonds. The molecule has 0 aliphatic heterocycles. The highest BCUT2D eigenvalue weighted by Gasteiger charge is 2.10. The minimum Gasteiger partial charge on any atom is -0.497 e. The molecule has 0 saturated carbocycles. The topological polar surface area (TPSA) is 61.7 Å². The maximum atomic E-state index is 13.2. The Morgan fingerprint density at radius 3 is 2.95 bits per heavy atom. The molecule has 4 nitrogen and oxygen atoms in total. The molecule has 0 radical (unpaired) electrons. The molecule has 0 bridgehead atoms. The largest absolute Gasteiger partial charge is 0.497 e. The lowest BCUT2D eigenvalue weighted by molar-refractivity contribution is 0.415. The summed E-state index contributed by atoms with van der Waals surface area (Å²) in [5, 5.41) is 10.3. The second-order valence-corrected chi connectivity index (χ2v) is 4.72. The first-order chi connectivity index (χ1) is 10.7. The van der Waals surface area contributed by atoms with Crippen LogP contribution in [0.5, 0.6) is 5.75 Å². The summed E-state index contributed by atoms with van der Waals surface area (Å²) in [5.74, 6) is 0.268. The predicted octanol–water partition coefficient (Wildman–Crippen LogP) is 3.77. The van der Waals surface area contributed by atoms with Crippen molar-refractivity contribution in [3.8, 4) is 11.8 Å². The van der Waals surface area contributed by atoms with E-state index in [0.717, 1.165) is 22.7 Å².